The van der Waals surface area contributed by atoms with Crippen LogP contribution in [0.2, 0.25) is 10.0 Å². The highest BCUT2D eigenvalue weighted by molar-refractivity contribution is 7.90. The van der Waals surface area contributed by atoms with Gasteiger partial charge in [-0.2, -0.15) is 0 Å². The van der Waals surface area contributed by atoms with Crippen LogP contribution in [0.1, 0.15) is 20.7 Å². The van der Waals surface area contributed by atoms with Gasteiger partial charge in [-0.25, -0.2) is 13.4 Å². The lowest BCUT2D eigenvalue weighted by atomic mass is 10.1. The molecule has 0 radical (unpaired) electrons. The Labute approximate surface area is 183 Å². The number of nitrogens with one attached hydrogen (secondary N) is 2. The SMILES string of the molecule is CS(=O)(=O)c1ccc(C(=O)Nc2ccc(Cl)c(C(=O)Nc3ccccn3)c2)c(Cl)c1. The van der Waals surface area contributed by atoms with Gasteiger partial charge in [0.1, 0.15) is 5.82 Å². The minimum absolute atomic E-state index is 0.00372. The van der Waals surface area contributed by atoms with Crippen molar-refractivity contribution in [3.8, 4) is 0 Å². The molecule has 0 aliphatic carbocycles. The van der Waals surface area contributed by atoms with Crippen molar-refractivity contribution in [2.24, 2.45) is 0 Å². The summed E-state index contributed by atoms with van der Waals surface area (Å²) < 4.78 is 23.2. The summed E-state index contributed by atoms with van der Waals surface area (Å²) in [7, 11) is -3.45. The molecular formula is C20H15Cl2N3O4S. The molecule has 0 fully saturated rings. The maximum absolute atomic E-state index is 12.6. The topological polar surface area (TPSA) is 105 Å². The molecule has 2 N–H and O–H groups in total. The van der Waals surface area contributed by atoms with E-state index in [-0.39, 0.29) is 26.1 Å². The molecule has 7 nitrogen and oxygen atoms in total. The van der Waals surface area contributed by atoms with E-state index < -0.39 is 21.7 Å². The first kappa shape index (κ1) is 21.8. The van der Waals surface area contributed by atoms with Gasteiger partial charge in [-0.1, -0.05) is 29.3 Å². The van der Waals surface area contributed by atoms with Crippen LogP contribution in [-0.4, -0.2) is 31.5 Å². The minimum Gasteiger partial charge on any atom is -0.322 e. The number of hydrogen-bond acceptors (Lipinski definition) is 5. The van der Waals surface area contributed by atoms with E-state index in [1.165, 1.54) is 42.6 Å². The maximum atomic E-state index is 12.6. The van der Waals surface area contributed by atoms with Crippen LogP contribution in [0.25, 0.3) is 0 Å². The average Bonchev–Trinajstić information content (AvgIpc) is 2.69. The highest BCUT2D eigenvalue weighted by Crippen LogP contribution is 2.25. The van der Waals surface area contributed by atoms with Crippen LogP contribution in [0.4, 0.5) is 11.5 Å². The van der Waals surface area contributed by atoms with Crippen LogP contribution in [0.5, 0.6) is 0 Å². The molecule has 3 aromatic rings. The van der Waals surface area contributed by atoms with Gasteiger partial charge in [-0.15, -0.1) is 0 Å². The number of benzene rings is 2. The molecule has 0 saturated heterocycles. The van der Waals surface area contributed by atoms with Gasteiger partial charge in [0.05, 0.1) is 26.1 Å². The average molecular weight is 464 g/mol. The van der Waals surface area contributed by atoms with E-state index in [2.05, 4.69) is 15.6 Å². The van der Waals surface area contributed by atoms with E-state index in [0.717, 1.165) is 6.26 Å². The fraction of sp³-hybridized carbons (Fsp3) is 0.0500. The van der Waals surface area contributed by atoms with E-state index in [9.17, 15) is 18.0 Å². The number of anilines is 2. The molecule has 0 saturated carbocycles. The quantitative estimate of drug-likeness (QED) is 0.586. The van der Waals surface area contributed by atoms with Crippen LogP contribution in [0, 0.1) is 0 Å². The van der Waals surface area contributed by atoms with Gasteiger partial charge in [0, 0.05) is 18.1 Å². The second-order valence-electron chi connectivity index (χ2n) is 6.23. The standard InChI is InChI=1S/C20H15Cl2N3O4S/c1-30(28,29)13-6-7-14(17(22)11-13)19(26)24-12-5-8-16(21)15(10-12)20(27)25-18-4-2-3-9-23-18/h2-11H,1H3,(H,24,26)(H,23,25,27). The first-order chi connectivity index (χ1) is 14.1. The number of halogens is 2. The zero-order chi connectivity index (χ0) is 21.9. The van der Waals surface area contributed by atoms with Crippen LogP contribution >= 0.6 is 23.2 Å². The first-order valence-corrected chi connectivity index (χ1v) is 11.1. The number of aromatic nitrogens is 1. The van der Waals surface area contributed by atoms with E-state index in [1.807, 2.05) is 0 Å². The third-order valence-electron chi connectivity index (χ3n) is 3.99. The monoisotopic (exact) mass is 463 g/mol. The fourth-order valence-corrected chi connectivity index (χ4v) is 3.69. The number of rotatable bonds is 5. The van der Waals surface area contributed by atoms with E-state index in [0.29, 0.717) is 11.5 Å². The molecular weight excluding hydrogens is 449 g/mol. The molecule has 2 amide bonds. The Morgan fingerprint density at radius 3 is 2.23 bits per heavy atom. The van der Waals surface area contributed by atoms with Crippen LogP contribution in [0.3, 0.4) is 0 Å². The number of amides is 2. The highest BCUT2D eigenvalue weighted by atomic mass is 35.5. The van der Waals surface area contributed by atoms with Crippen LogP contribution in [0.15, 0.2) is 65.7 Å². The molecule has 0 aliphatic heterocycles. The zero-order valence-electron chi connectivity index (χ0n) is 15.5. The van der Waals surface area contributed by atoms with Crippen molar-refractivity contribution >= 4 is 56.4 Å². The molecule has 30 heavy (non-hydrogen) atoms. The van der Waals surface area contributed by atoms with Crippen molar-refractivity contribution in [1.82, 2.24) is 4.98 Å². The van der Waals surface area contributed by atoms with Crippen molar-refractivity contribution in [3.05, 3.63) is 82.0 Å². The van der Waals surface area contributed by atoms with Crippen molar-refractivity contribution < 1.29 is 18.0 Å². The Morgan fingerprint density at radius 2 is 1.60 bits per heavy atom. The van der Waals surface area contributed by atoms with Gasteiger partial charge in [0.15, 0.2) is 9.84 Å². The van der Waals surface area contributed by atoms with Gasteiger partial charge < -0.3 is 10.6 Å². The Kier molecular flexibility index (Phi) is 6.40. The predicted octanol–water partition coefficient (Wildman–Crippen LogP) is 4.30. The lowest BCUT2D eigenvalue weighted by molar-refractivity contribution is 0.101. The number of carbonyl (C=O) groups is 2. The molecule has 2 aromatic carbocycles. The molecule has 10 heteroatoms. The lowest BCUT2D eigenvalue weighted by Crippen LogP contribution is -2.16. The van der Waals surface area contributed by atoms with Gasteiger partial charge in [0.25, 0.3) is 11.8 Å². The van der Waals surface area contributed by atoms with Gasteiger partial charge >= 0.3 is 0 Å². The predicted molar refractivity (Wildman–Crippen MR) is 116 cm³/mol. The molecule has 0 atom stereocenters. The fourth-order valence-electron chi connectivity index (χ4n) is 2.51. The molecule has 0 bridgehead atoms. The summed E-state index contributed by atoms with van der Waals surface area (Å²) in [4.78, 5) is 29.1. The lowest BCUT2D eigenvalue weighted by Gasteiger charge is -2.11. The Bertz CT molecular complexity index is 1230. The Morgan fingerprint density at radius 1 is 0.867 bits per heavy atom. The smallest absolute Gasteiger partial charge is 0.258 e. The second-order valence-corrected chi connectivity index (χ2v) is 9.06. The molecule has 0 aliphatic rings. The highest BCUT2D eigenvalue weighted by Gasteiger charge is 2.17. The van der Waals surface area contributed by atoms with Crippen molar-refractivity contribution in [2.45, 2.75) is 4.90 Å². The van der Waals surface area contributed by atoms with Crippen molar-refractivity contribution in [1.29, 1.82) is 0 Å². The van der Waals surface area contributed by atoms with Gasteiger partial charge in [-0.3, -0.25) is 9.59 Å². The third-order valence-corrected chi connectivity index (χ3v) is 5.74. The van der Waals surface area contributed by atoms with E-state index in [1.54, 1.807) is 18.2 Å². The Hall–Kier alpha value is -2.94. The molecule has 3 rings (SSSR count). The largest absolute Gasteiger partial charge is 0.322 e. The summed E-state index contributed by atoms with van der Waals surface area (Å²) in [6.45, 7) is 0. The molecule has 0 spiro atoms. The normalized spacial score (nSPS) is 11.0. The van der Waals surface area contributed by atoms with Crippen molar-refractivity contribution in [3.63, 3.8) is 0 Å². The Balaban J connectivity index is 1.81. The molecule has 1 aromatic heterocycles. The van der Waals surface area contributed by atoms with Gasteiger partial charge in [0.2, 0.25) is 0 Å². The maximum Gasteiger partial charge on any atom is 0.258 e. The summed E-state index contributed by atoms with van der Waals surface area (Å²) in [6, 6.07) is 13.3. The van der Waals surface area contributed by atoms with E-state index >= 15 is 0 Å². The number of hydrogen-bond donors (Lipinski definition) is 2. The van der Waals surface area contributed by atoms with E-state index in [4.69, 9.17) is 23.2 Å². The summed E-state index contributed by atoms with van der Waals surface area (Å²) >= 11 is 12.2. The number of nitrogens with zero attached hydrogens (tertiary/aromatic N) is 1. The number of pyridine rings is 1. The van der Waals surface area contributed by atoms with Crippen LogP contribution < -0.4 is 10.6 Å². The molecule has 1 heterocycles. The van der Waals surface area contributed by atoms with Gasteiger partial charge in [-0.05, 0) is 48.5 Å². The molecule has 0 unspecified atom stereocenters. The molecule has 154 valence electrons. The first-order valence-electron chi connectivity index (χ1n) is 8.48. The number of carbonyl (C=O) groups excluding carboxylic acids is 2. The van der Waals surface area contributed by atoms with Crippen LogP contribution in [-0.2, 0) is 9.84 Å². The third kappa shape index (κ3) is 5.15. The zero-order valence-corrected chi connectivity index (χ0v) is 17.8. The summed E-state index contributed by atoms with van der Waals surface area (Å²) in [5, 5.41) is 5.41. The van der Waals surface area contributed by atoms with Crippen molar-refractivity contribution in [2.75, 3.05) is 16.9 Å². The summed E-state index contributed by atoms with van der Waals surface area (Å²) in [6.07, 6.45) is 2.58. The minimum atomic E-state index is -3.45. The second kappa shape index (κ2) is 8.83. The number of sulfone groups is 1. The summed E-state index contributed by atoms with van der Waals surface area (Å²) in [5.74, 6) is -0.713. The summed E-state index contributed by atoms with van der Waals surface area (Å²) in [5.41, 5.74) is 0.524.